The smallest absolute Gasteiger partial charge is 0.245 e. The minimum Gasteiger partial charge on any atom is -0.379 e. The fraction of sp³-hybridized carbons (Fsp3) is 0.571. The van der Waals surface area contributed by atoms with Gasteiger partial charge in [-0.25, -0.2) is 13.4 Å². The van der Waals surface area contributed by atoms with Gasteiger partial charge in [-0.15, -0.1) is 11.3 Å². The first-order valence-electron chi connectivity index (χ1n) is 10.4. The van der Waals surface area contributed by atoms with Crippen molar-refractivity contribution in [1.82, 2.24) is 14.2 Å². The second kappa shape index (κ2) is 10.2. The molecule has 7 nitrogen and oxygen atoms in total. The van der Waals surface area contributed by atoms with Crippen molar-refractivity contribution in [3.05, 3.63) is 40.7 Å². The van der Waals surface area contributed by atoms with Crippen molar-refractivity contribution in [3.63, 3.8) is 0 Å². The van der Waals surface area contributed by atoms with Crippen LogP contribution in [0.3, 0.4) is 0 Å². The van der Waals surface area contributed by atoms with E-state index in [-0.39, 0.29) is 23.0 Å². The molecule has 9 heteroatoms. The van der Waals surface area contributed by atoms with Crippen LogP contribution in [0.4, 0.5) is 5.82 Å². The highest BCUT2D eigenvalue weighted by atomic mass is 32.2. The molecule has 3 rings (SSSR count). The van der Waals surface area contributed by atoms with Crippen LogP contribution in [-0.2, 0) is 14.8 Å². The summed E-state index contributed by atoms with van der Waals surface area (Å²) in [6.07, 6.45) is 1.45. The van der Waals surface area contributed by atoms with Crippen LogP contribution >= 0.6 is 11.3 Å². The molecule has 30 heavy (non-hydrogen) atoms. The molecule has 0 aliphatic carbocycles. The number of hydrogen-bond donors (Lipinski definition) is 1. The predicted octanol–water partition coefficient (Wildman–Crippen LogP) is 3.44. The number of thiophene rings is 1. The number of anilines is 1. The monoisotopic (exact) mass is 452 g/mol. The highest BCUT2D eigenvalue weighted by molar-refractivity contribution is 7.89. The second-order valence-electron chi connectivity index (χ2n) is 7.96. The molecule has 1 N–H and O–H groups in total. The van der Waals surface area contributed by atoms with E-state index in [4.69, 9.17) is 4.74 Å². The first-order chi connectivity index (χ1) is 14.3. The molecular weight excluding hydrogens is 420 g/mol. The van der Waals surface area contributed by atoms with Crippen LogP contribution in [0.5, 0.6) is 0 Å². The standard InChI is InChI=1S/C21H32N4O3S2/c1-16(2)25(17(3)4)30(26,27)18-7-8-21(22-14-18)23-15-19(20-6-5-13-29-20)24-9-11-28-12-10-24/h5-8,13-14,16-17,19H,9-12,15H2,1-4H3,(H,22,23). The maximum atomic E-state index is 13.0. The van der Waals surface area contributed by atoms with Gasteiger partial charge in [-0.1, -0.05) is 6.07 Å². The molecule has 1 aliphatic rings. The normalized spacial score (nSPS) is 17.0. The zero-order chi connectivity index (χ0) is 21.7. The lowest BCUT2D eigenvalue weighted by Crippen LogP contribution is -2.42. The molecule has 0 aromatic carbocycles. The Morgan fingerprint density at radius 3 is 2.40 bits per heavy atom. The third kappa shape index (κ3) is 5.39. The lowest BCUT2D eigenvalue weighted by Gasteiger charge is -2.34. The van der Waals surface area contributed by atoms with Gasteiger partial charge in [0, 0.05) is 42.8 Å². The summed E-state index contributed by atoms with van der Waals surface area (Å²) in [6.45, 7) is 11.5. The Balaban J connectivity index is 1.71. The molecule has 0 radical (unpaired) electrons. The van der Waals surface area contributed by atoms with Crippen LogP contribution in [0.25, 0.3) is 0 Å². The molecule has 1 fully saturated rings. The fourth-order valence-electron chi connectivity index (χ4n) is 3.89. The van der Waals surface area contributed by atoms with E-state index >= 15 is 0 Å². The molecule has 1 unspecified atom stereocenters. The summed E-state index contributed by atoms with van der Waals surface area (Å²) in [5.74, 6) is 0.671. The summed E-state index contributed by atoms with van der Waals surface area (Å²) in [5.41, 5.74) is 0. The summed E-state index contributed by atoms with van der Waals surface area (Å²) in [6, 6.07) is 7.60. The number of aromatic nitrogens is 1. The van der Waals surface area contributed by atoms with E-state index in [2.05, 4.69) is 32.7 Å². The Hall–Kier alpha value is -1.52. The summed E-state index contributed by atoms with van der Waals surface area (Å²) in [5, 5.41) is 5.48. The van der Waals surface area contributed by atoms with Crippen LogP contribution in [0.15, 0.2) is 40.7 Å². The lowest BCUT2D eigenvalue weighted by atomic mass is 10.2. The van der Waals surface area contributed by atoms with Crippen molar-refractivity contribution in [2.45, 2.75) is 50.7 Å². The summed E-state index contributed by atoms with van der Waals surface area (Å²) >= 11 is 1.75. The number of sulfonamides is 1. The summed E-state index contributed by atoms with van der Waals surface area (Å²) < 4.78 is 33.0. The van der Waals surface area contributed by atoms with E-state index in [0.29, 0.717) is 12.4 Å². The molecule has 2 aromatic heterocycles. The van der Waals surface area contributed by atoms with Crippen LogP contribution < -0.4 is 5.32 Å². The average Bonchev–Trinajstić information content (AvgIpc) is 3.23. The molecular formula is C21H32N4O3S2. The van der Waals surface area contributed by atoms with Crippen molar-refractivity contribution >= 4 is 27.2 Å². The number of nitrogens with zero attached hydrogens (tertiary/aromatic N) is 3. The molecule has 166 valence electrons. The molecule has 1 atom stereocenters. The van der Waals surface area contributed by atoms with Crippen molar-refractivity contribution in [2.24, 2.45) is 0 Å². The second-order valence-corrected chi connectivity index (χ2v) is 10.8. The number of ether oxygens (including phenoxy) is 1. The molecule has 3 heterocycles. The lowest BCUT2D eigenvalue weighted by molar-refractivity contribution is 0.0194. The van der Waals surface area contributed by atoms with Gasteiger partial charge in [0.1, 0.15) is 10.7 Å². The van der Waals surface area contributed by atoms with Gasteiger partial charge in [0.2, 0.25) is 10.0 Å². The highest BCUT2D eigenvalue weighted by Gasteiger charge is 2.30. The van der Waals surface area contributed by atoms with Crippen molar-refractivity contribution in [2.75, 3.05) is 38.2 Å². The Morgan fingerprint density at radius 1 is 1.17 bits per heavy atom. The highest BCUT2D eigenvalue weighted by Crippen LogP contribution is 2.27. The predicted molar refractivity (Wildman–Crippen MR) is 121 cm³/mol. The van der Waals surface area contributed by atoms with Crippen LogP contribution in [0.2, 0.25) is 0 Å². The number of morpholine rings is 1. The topological polar surface area (TPSA) is 74.8 Å². The van der Waals surface area contributed by atoms with Crippen LogP contribution in [0, 0.1) is 0 Å². The van der Waals surface area contributed by atoms with Crippen molar-refractivity contribution < 1.29 is 13.2 Å². The SMILES string of the molecule is CC(C)N(C(C)C)S(=O)(=O)c1ccc(NCC(c2cccs2)N2CCOCC2)nc1. The molecule has 0 saturated carbocycles. The van der Waals surface area contributed by atoms with E-state index in [1.54, 1.807) is 23.5 Å². The zero-order valence-corrected chi connectivity index (χ0v) is 19.7. The van der Waals surface area contributed by atoms with E-state index in [0.717, 1.165) is 26.3 Å². The first kappa shape index (κ1) is 23.1. The van der Waals surface area contributed by atoms with Gasteiger partial charge in [-0.3, -0.25) is 4.90 Å². The Labute approximate surface area is 184 Å². The molecule has 2 aromatic rings. The minimum absolute atomic E-state index is 0.118. The maximum absolute atomic E-state index is 13.0. The summed E-state index contributed by atoms with van der Waals surface area (Å²) in [4.78, 5) is 8.33. The van der Waals surface area contributed by atoms with Crippen LogP contribution in [-0.4, -0.2) is 67.5 Å². The van der Waals surface area contributed by atoms with Gasteiger partial charge in [-0.05, 0) is 51.3 Å². The van der Waals surface area contributed by atoms with E-state index < -0.39 is 10.0 Å². The summed E-state index contributed by atoms with van der Waals surface area (Å²) in [7, 11) is -3.58. The molecule has 1 aliphatic heterocycles. The van der Waals surface area contributed by atoms with Gasteiger partial charge >= 0.3 is 0 Å². The van der Waals surface area contributed by atoms with E-state index in [1.807, 2.05) is 27.7 Å². The number of pyridine rings is 1. The number of rotatable bonds is 9. The van der Waals surface area contributed by atoms with Gasteiger partial charge in [0.25, 0.3) is 0 Å². The minimum atomic E-state index is -3.58. The quantitative estimate of drug-likeness (QED) is 0.628. The van der Waals surface area contributed by atoms with Gasteiger partial charge < -0.3 is 10.1 Å². The average molecular weight is 453 g/mol. The van der Waals surface area contributed by atoms with Crippen molar-refractivity contribution in [1.29, 1.82) is 0 Å². The largest absolute Gasteiger partial charge is 0.379 e. The molecule has 1 saturated heterocycles. The van der Waals surface area contributed by atoms with E-state index in [9.17, 15) is 8.42 Å². The Kier molecular flexibility index (Phi) is 7.86. The fourth-order valence-corrected chi connectivity index (χ4v) is 6.53. The van der Waals surface area contributed by atoms with Crippen LogP contribution in [0.1, 0.15) is 38.6 Å². The first-order valence-corrected chi connectivity index (χ1v) is 12.7. The number of hydrogen-bond acceptors (Lipinski definition) is 7. The molecule has 0 spiro atoms. The third-order valence-electron chi connectivity index (χ3n) is 5.16. The van der Waals surface area contributed by atoms with Crippen molar-refractivity contribution in [3.8, 4) is 0 Å². The Bertz CT molecular complexity index is 869. The number of nitrogens with one attached hydrogen (secondary N) is 1. The zero-order valence-electron chi connectivity index (χ0n) is 18.1. The van der Waals surface area contributed by atoms with Gasteiger partial charge in [0.05, 0.1) is 19.3 Å². The van der Waals surface area contributed by atoms with Gasteiger partial charge in [0.15, 0.2) is 0 Å². The molecule has 0 amide bonds. The van der Waals surface area contributed by atoms with Gasteiger partial charge in [-0.2, -0.15) is 4.31 Å². The van der Waals surface area contributed by atoms with E-state index in [1.165, 1.54) is 15.4 Å². The Morgan fingerprint density at radius 2 is 1.87 bits per heavy atom. The third-order valence-corrected chi connectivity index (χ3v) is 8.37. The molecule has 0 bridgehead atoms. The maximum Gasteiger partial charge on any atom is 0.245 e.